The molecule has 0 aliphatic carbocycles. The van der Waals surface area contributed by atoms with Gasteiger partial charge in [-0.1, -0.05) is 0 Å². The first-order valence-corrected chi connectivity index (χ1v) is 6.09. The molecule has 19 heavy (non-hydrogen) atoms. The molecular formula is C11H11FN2O4S. The van der Waals surface area contributed by atoms with Crippen LogP contribution in [0.3, 0.4) is 0 Å². The van der Waals surface area contributed by atoms with Crippen molar-refractivity contribution in [3.05, 3.63) is 29.6 Å². The lowest BCUT2D eigenvalue weighted by Crippen LogP contribution is -2.38. The summed E-state index contributed by atoms with van der Waals surface area (Å²) in [5, 5.41) is 13.0. The highest BCUT2D eigenvalue weighted by atomic mass is 32.2. The van der Waals surface area contributed by atoms with Crippen molar-refractivity contribution in [1.29, 1.82) is 0 Å². The Bertz CT molecular complexity index is 521. The predicted octanol–water partition coefficient (Wildman–Crippen LogP) is 1.07. The summed E-state index contributed by atoms with van der Waals surface area (Å²) in [6.07, 6.45) is 0. The largest absolute Gasteiger partial charge is 0.478 e. The first-order valence-electron chi connectivity index (χ1n) is 5.11. The van der Waals surface area contributed by atoms with Crippen molar-refractivity contribution in [3.63, 3.8) is 0 Å². The molecule has 102 valence electrons. The third-order valence-corrected chi connectivity index (χ3v) is 3.01. The molecule has 0 fully saturated rings. The third-order valence-electron chi connectivity index (χ3n) is 2.02. The first kappa shape index (κ1) is 15.0. The summed E-state index contributed by atoms with van der Waals surface area (Å²) in [7, 11) is 1.37. The number of rotatable bonds is 4. The van der Waals surface area contributed by atoms with E-state index >= 15 is 0 Å². The van der Waals surface area contributed by atoms with E-state index in [0.29, 0.717) is 4.90 Å². The van der Waals surface area contributed by atoms with Gasteiger partial charge in [-0.15, -0.1) is 11.8 Å². The molecule has 0 aromatic heterocycles. The number of aromatic carboxylic acids is 1. The second kappa shape index (κ2) is 6.74. The van der Waals surface area contributed by atoms with Crippen LogP contribution >= 0.6 is 11.8 Å². The van der Waals surface area contributed by atoms with E-state index in [2.05, 4.69) is 5.32 Å². The fourth-order valence-corrected chi connectivity index (χ4v) is 1.87. The minimum absolute atomic E-state index is 0.0852. The summed E-state index contributed by atoms with van der Waals surface area (Å²) < 4.78 is 13.1. The topological polar surface area (TPSA) is 95.5 Å². The van der Waals surface area contributed by atoms with Crippen molar-refractivity contribution < 1.29 is 23.9 Å². The second-order valence-electron chi connectivity index (χ2n) is 3.36. The molecule has 6 nitrogen and oxygen atoms in total. The Balaban J connectivity index is 2.63. The highest BCUT2D eigenvalue weighted by Gasteiger charge is 2.12. The number of carboxylic acid groups (broad SMARTS) is 1. The number of carbonyl (C=O) groups excluding carboxylic acids is 2. The molecule has 0 aliphatic heterocycles. The molecule has 0 aliphatic rings. The van der Waals surface area contributed by atoms with E-state index in [1.807, 2.05) is 5.32 Å². The van der Waals surface area contributed by atoms with Crippen LogP contribution < -0.4 is 10.6 Å². The number of benzene rings is 1. The molecule has 0 bridgehead atoms. The van der Waals surface area contributed by atoms with Gasteiger partial charge in [0.1, 0.15) is 5.82 Å². The van der Waals surface area contributed by atoms with Gasteiger partial charge in [0, 0.05) is 11.9 Å². The summed E-state index contributed by atoms with van der Waals surface area (Å²) in [6.45, 7) is 0. The molecule has 3 N–H and O–H groups in total. The van der Waals surface area contributed by atoms with Gasteiger partial charge in [0.2, 0.25) is 5.91 Å². The summed E-state index contributed by atoms with van der Waals surface area (Å²) in [6, 6.07) is 2.88. The van der Waals surface area contributed by atoms with Crippen LogP contribution in [0.15, 0.2) is 23.1 Å². The number of thioether (sulfide) groups is 1. The maximum atomic E-state index is 13.1. The summed E-state index contributed by atoms with van der Waals surface area (Å²) >= 11 is 0.999. The van der Waals surface area contributed by atoms with Crippen LogP contribution in [0.2, 0.25) is 0 Å². The van der Waals surface area contributed by atoms with Crippen LogP contribution in [0.1, 0.15) is 10.4 Å². The van der Waals surface area contributed by atoms with Gasteiger partial charge in [0.15, 0.2) is 0 Å². The van der Waals surface area contributed by atoms with E-state index in [9.17, 15) is 18.8 Å². The van der Waals surface area contributed by atoms with Crippen LogP contribution in [-0.2, 0) is 4.79 Å². The van der Waals surface area contributed by atoms with Crippen molar-refractivity contribution in [3.8, 4) is 0 Å². The van der Waals surface area contributed by atoms with E-state index in [1.165, 1.54) is 13.1 Å². The average Bonchev–Trinajstić information content (AvgIpc) is 2.37. The lowest BCUT2D eigenvalue weighted by molar-refractivity contribution is -0.117. The summed E-state index contributed by atoms with van der Waals surface area (Å²) in [4.78, 5) is 33.3. The lowest BCUT2D eigenvalue weighted by atomic mass is 10.2. The van der Waals surface area contributed by atoms with E-state index < -0.39 is 29.3 Å². The molecule has 8 heteroatoms. The molecular weight excluding hydrogens is 275 g/mol. The second-order valence-corrected chi connectivity index (χ2v) is 4.41. The smallest absolute Gasteiger partial charge is 0.338 e. The Hall–Kier alpha value is -2.09. The minimum atomic E-state index is -1.38. The van der Waals surface area contributed by atoms with Gasteiger partial charge in [-0.05, 0) is 18.2 Å². The van der Waals surface area contributed by atoms with Gasteiger partial charge in [-0.2, -0.15) is 0 Å². The predicted molar refractivity (Wildman–Crippen MR) is 66.7 cm³/mol. The normalized spacial score (nSPS) is 9.79. The van der Waals surface area contributed by atoms with Crippen molar-refractivity contribution in [2.45, 2.75) is 4.90 Å². The maximum Gasteiger partial charge on any atom is 0.338 e. The molecule has 0 radical (unpaired) electrons. The van der Waals surface area contributed by atoms with Crippen LogP contribution in [0.25, 0.3) is 0 Å². The molecule has 0 spiro atoms. The number of amides is 3. The highest BCUT2D eigenvalue weighted by Crippen LogP contribution is 2.21. The maximum absolute atomic E-state index is 13.1. The SMILES string of the molecule is CNC(=O)NC(=O)CSc1ccc(F)c(C(=O)O)c1. The molecule has 0 unspecified atom stereocenters. The van der Waals surface area contributed by atoms with Crippen LogP contribution in [0, 0.1) is 5.82 Å². The number of hydrogen-bond donors (Lipinski definition) is 3. The van der Waals surface area contributed by atoms with E-state index in [4.69, 9.17) is 5.11 Å². The van der Waals surface area contributed by atoms with E-state index in [0.717, 1.165) is 23.9 Å². The number of imide groups is 1. The zero-order valence-electron chi connectivity index (χ0n) is 9.90. The quantitative estimate of drug-likeness (QED) is 0.720. The fourth-order valence-electron chi connectivity index (χ4n) is 1.13. The lowest BCUT2D eigenvalue weighted by Gasteiger charge is -2.04. The van der Waals surface area contributed by atoms with Gasteiger partial charge in [0.25, 0.3) is 0 Å². The Labute approximate surface area is 112 Å². The van der Waals surface area contributed by atoms with Crippen LogP contribution in [-0.4, -0.2) is 35.8 Å². The Morgan fingerprint density at radius 3 is 2.63 bits per heavy atom. The molecule has 3 amide bonds. The standard InChI is InChI=1S/C11H11FN2O4S/c1-13-11(18)14-9(15)5-19-6-2-3-8(12)7(4-6)10(16)17/h2-4H,5H2,1H3,(H,16,17)(H2,13,14,15,18). The van der Waals surface area contributed by atoms with Crippen LogP contribution in [0.4, 0.5) is 9.18 Å². The van der Waals surface area contributed by atoms with E-state index in [1.54, 1.807) is 0 Å². The Morgan fingerprint density at radius 2 is 2.05 bits per heavy atom. The zero-order chi connectivity index (χ0) is 14.4. The van der Waals surface area contributed by atoms with E-state index in [-0.39, 0.29) is 5.75 Å². The van der Waals surface area contributed by atoms with Gasteiger partial charge < -0.3 is 10.4 Å². The fraction of sp³-hybridized carbons (Fsp3) is 0.182. The zero-order valence-corrected chi connectivity index (χ0v) is 10.7. The van der Waals surface area contributed by atoms with Crippen LogP contribution in [0.5, 0.6) is 0 Å². The molecule has 0 saturated carbocycles. The van der Waals surface area contributed by atoms with Gasteiger partial charge >= 0.3 is 12.0 Å². The molecule has 1 rings (SSSR count). The van der Waals surface area contributed by atoms with Crippen molar-refractivity contribution >= 4 is 29.7 Å². The first-order chi connectivity index (χ1) is 8.93. The Kier molecular flexibility index (Phi) is 5.31. The third kappa shape index (κ3) is 4.59. The van der Waals surface area contributed by atoms with Crippen molar-refractivity contribution in [2.24, 2.45) is 0 Å². The van der Waals surface area contributed by atoms with Gasteiger partial charge in [-0.25, -0.2) is 14.0 Å². The number of urea groups is 1. The number of carboxylic acids is 1. The number of hydrogen-bond acceptors (Lipinski definition) is 4. The molecule has 0 atom stereocenters. The highest BCUT2D eigenvalue weighted by molar-refractivity contribution is 8.00. The number of nitrogens with one attached hydrogen (secondary N) is 2. The van der Waals surface area contributed by atoms with Crippen molar-refractivity contribution in [1.82, 2.24) is 10.6 Å². The average molecular weight is 286 g/mol. The number of carbonyl (C=O) groups is 3. The summed E-state index contributed by atoms with van der Waals surface area (Å²) in [5.74, 6) is -2.84. The molecule has 1 aromatic carbocycles. The number of halogens is 1. The minimum Gasteiger partial charge on any atom is -0.478 e. The molecule has 1 aromatic rings. The molecule has 0 heterocycles. The van der Waals surface area contributed by atoms with Gasteiger partial charge in [-0.3, -0.25) is 10.1 Å². The monoisotopic (exact) mass is 286 g/mol. The van der Waals surface area contributed by atoms with Crippen molar-refractivity contribution in [2.75, 3.05) is 12.8 Å². The van der Waals surface area contributed by atoms with Gasteiger partial charge in [0.05, 0.1) is 11.3 Å². The molecule has 0 saturated heterocycles. The summed E-state index contributed by atoms with van der Waals surface area (Å²) in [5.41, 5.74) is -0.461. The Morgan fingerprint density at radius 1 is 1.37 bits per heavy atom.